The zero-order valence-corrected chi connectivity index (χ0v) is 12.2. The summed E-state index contributed by atoms with van der Waals surface area (Å²) in [6.07, 6.45) is 0.0220. The van der Waals surface area contributed by atoms with E-state index >= 15 is 0 Å². The molecule has 21 heavy (non-hydrogen) atoms. The normalized spacial score (nSPS) is 10.5. The molecule has 0 unspecified atom stereocenters. The Bertz CT molecular complexity index is 650. The highest BCUT2D eigenvalue weighted by Crippen LogP contribution is 2.22. The lowest BCUT2D eigenvalue weighted by Crippen LogP contribution is -2.07. The monoisotopic (exact) mass is 288 g/mol. The molecule has 0 saturated carbocycles. The fraction of sp³-hybridized carbons (Fsp3) is 0.235. The molecule has 0 amide bonds. The first-order valence-corrected chi connectivity index (χ1v) is 6.66. The third kappa shape index (κ3) is 3.60. The molecule has 2 aromatic rings. The highest BCUT2D eigenvalue weighted by Gasteiger charge is 2.13. The number of hydrogen-bond donors (Lipinski definition) is 0. The maximum absolute atomic E-state index is 13.7. The number of carbonyl (C=O) groups excluding carboxylic acids is 1. The van der Waals surface area contributed by atoms with Gasteiger partial charge in [0.25, 0.3) is 0 Å². The summed E-state index contributed by atoms with van der Waals surface area (Å²) in [7, 11) is 1.38. The van der Waals surface area contributed by atoms with Gasteiger partial charge in [-0.25, -0.2) is 4.39 Å². The van der Waals surface area contributed by atoms with Crippen LogP contribution in [0.25, 0.3) is 0 Å². The molecule has 0 saturated heterocycles. The van der Waals surface area contributed by atoms with E-state index < -0.39 is 5.82 Å². The van der Waals surface area contributed by atoms with Crippen LogP contribution < -0.4 is 9.47 Å². The van der Waals surface area contributed by atoms with E-state index in [-0.39, 0.29) is 23.2 Å². The van der Waals surface area contributed by atoms with Crippen LogP contribution in [0.15, 0.2) is 42.5 Å². The smallest absolute Gasteiger partial charge is 0.193 e. The molecule has 0 heterocycles. The summed E-state index contributed by atoms with van der Waals surface area (Å²) in [5, 5.41) is 0. The van der Waals surface area contributed by atoms with Crippen molar-refractivity contribution >= 4 is 5.78 Å². The molecule has 2 aromatic carbocycles. The average Bonchev–Trinajstić information content (AvgIpc) is 2.46. The van der Waals surface area contributed by atoms with Gasteiger partial charge in [-0.2, -0.15) is 0 Å². The van der Waals surface area contributed by atoms with Gasteiger partial charge in [0.2, 0.25) is 0 Å². The van der Waals surface area contributed by atoms with Gasteiger partial charge in [-0.15, -0.1) is 0 Å². The minimum Gasteiger partial charge on any atom is -0.494 e. The summed E-state index contributed by atoms with van der Waals surface area (Å²) in [6, 6.07) is 11.0. The van der Waals surface area contributed by atoms with Crippen molar-refractivity contribution in [1.29, 1.82) is 0 Å². The lowest BCUT2D eigenvalue weighted by atomic mass is 10.0. The van der Waals surface area contributed by atoms with Crippen molar-refractivity contribution in [2.75, 3.05) is 7.11 Å². The third-order valence-electron chi connectivity index (χ3n) is 2.88. The Morgan fingerprint density at radius 1 is 1.10 bits per heavy atom. The second kappa shape index (κ2) is 6.39. The van der Waals surface area contributed by atoms with Gasteiger partial charge in [0.15, 0.2) is 17.3 Å². The van der Waals surface area contributed by atoms with E-state index in [4.69, 9.17) is 9.47 Å². The maximum Gasteiger partial charge on any atom is 0.193 e. The lowest BCUT2D eigenvalue weighted by molar-refractivity contribution is 0.103. The SMILES string of the molecule is COc1ccc(C(=O)c2cccc(OC(C)C)c2)cc1F. The number of rotatable bonds is 5. The van der Waals surface area contributed by atoms with Crippen LogP contribution in [0.1, 0.15) is 29.8 Å². The Morgan fingerprint density at radius 3 is 2.43 bits per heavy atom. The van der Waals surface area contributed by atoms with Gasteiger partial charge in [-0.3, -0.25) is 4.79 Å². The first-order chi connectivity index (χ1) is 10.0. The van der Waals surface area contributed by atoms with Gasteiger partial charge in [0, 0.05) is 11.1 Å². The molecule has 0 fully saturated rings. The molecule has 0 aliphatic rings. The molecule has 4 heteroatoms. The standard InChI is InChI=1S/C17H17FO3/c1-11(2)21-14-6-4-5-12(9-14)17(19)13-7-8-16(20-3)15(18)10-13/h4-11H,1-3H3. The van der Waals surface area contributed by atoms with Crippen LogP contribution >= 0.6 is 0 Å². The number of hydrogen-bond acceptors (Lipinski definition) is 3. The molecule has 0 N–H and O–H groups in total. The summed E-state index contributed by atoms with van der Waals surface area (Å²) in [4.78, 5) is 12.4. The van der Waals surface area contributed by atoms with Crippen LogP contribution in [0.4, 0.5) is 4.39 Å². The number of ether oxygens (including phenoxy) is 2. The van der Waals surface area contributed by atoms with Gasteiger partial charge in [-0.05, 0) is 44.2 Å². The van der Waals surface area contributed by atoms with E-state index in [0.717, 1.165) is 0 Å². The fourth-order valence-electron chi connectivity index (χ4n) is 1.96. The Kier molecular flexibility index (Phi) is 4.58. The van der Waals surface area contributed by atoms with Gasteiger partial charge in [-0.1, -0.05) is 12.1 Å². The van der Waals surface area contributed by atoms with Gasteiger partial charge in [0.05, 0.1) is 13.2 Å². The average molecular weight is 288 g/mol. The van der Waals surface area contributed by atoms with Crippen molar-refractivity contribution in [3.8, 4) is 11.5 Å². The van der Waals surface area contributed by atoms with E-state index in [0.29, 0.717) is 11.3 Å². The van der Waals surface area contributed by atoms with E-state index in [1.54, 1.807) is 30.3 Å². The second-order valence-electron chi connectivity index (χ2n) is 4.87. The topological polar surface area (TPSA) is 35.5 Å². The molecule has 0 spiro atoms. The fourth-order valence-corrected chi connectivity index (χ4v) is 1.96. The van der Waals surface area contributed by atoms with E-state index in [1.165, 1.54) is 19.2 Å². The largest absolute Gasteiger partial charge is 0.494 e. The molecule has 0 aliphatic heterocycles. The molecule has 0 aliphatic carbocycles. The number of halogens is 1. The molecule has 3 nitrogen and oxygen atoms in total. The zero-order valence-electron chi connectivity index (χ0n) is 12.2. The van der Waals surface area contributed by atoms with Gasteiger partial charge < -0.3 is 9.47 Å². The highest BCUT2D eigenvalue weighted by molar-refractivity contribution is 6.09. The highest BCUT2D eigenvalue weighted by atomic mass is 19.1. The molecule has 0 aromatic heterocycles. The van der Waals surface area contributed by atoms with Crippen LogP contribution in [-0.2, 0) is 0 Å². The lowest BCUT2D eigenvalue weighted by Gasteiger charge is -2.10. The first-order valence-electron chi connectivity index (χ1n) is 6.66. The molecule has 0 bridgehead atoms. The predicted molar refractivity (Wildman–Crippen MR) is 78.6 cm³/mol. The second-order valence-corrected chi connectivity index (χ2v) is 4.87. The maximum atomic E-state index is 13.7. The quantitative estimate of drug-likeness (QED) is 0.784. The van der Waals surface area contributed by atoms with Crippen LogP contribution in [0, 0.1) is 5.82 Å². The van der Waals surface area contributed by atoms with Crippen molar-refractivity contribution < 1.29 is 18.7 Å². The summed E-state index contributed by atoms with van der Waals surface area (Å²) >= 11 is 0. The van der Waals surface area contributed by atoms with Crippen LogP contribution in [0.2, 0.25) is 0 Å². The Balaban J connectivity index is 2.29. The molecule has 0 radical (unpaired) electrons. The Hall–Kier alpha value is -2.36. The molecular formula is C17H17FO3. The predicted octanol–water partition coefficient (Wildman–Crippen LogP) is 3.85. The molecular weight excluding hydrogens is 271 g/mol. The molecule has 110 valence electrons. The number of ketones is 1. The number of benzene rings is 2. The summed E-state index contributed by atoms with van der Waals surface area (Å²) in [5.41, 5.74) is 0.729. The van der Waals surface area contributed by atoms with Crippen molar-refractivity contribution in [2.24, 2.45) is 0 Å². The van der Waals surface area contributed by atoms with Crippen LogP contribution in [0.3, 0.4) is 0 Å². The van der Waals surface area contributed by atoms with Crippen molar-refractivity contribution in [3.63, 3.8) is 0 Å². The minimum atomic E-state index is -0.557. The third-order valence-corrected chi connectivity index (χ3v) is 2.88. The summed E-state index contributed by atoms with van der Waals surface area (Å²) in [6.45, 7) is 3.82. The van der Waals surface area contributed by atoms with Gasteiger partial charge in [0.1, 0.15) is 5.75 Å². The first kappa shape index (κ1) is 15.0. The van der Waals surface area contributed by atoms with E-state index in [9.17, 15) is 9.18 Å². The van der Waals surface area contributed by atoms with E-state index in [2.05, 4.69) is 0 Å². The summed E-state index contributed by atoms with van der Waals surface area (Å²) in [5.74, 6) is -0.0861. The molecule has 2 rings (SSSR count). The zero-order chi connectivity index (χ0) is 15.4. The van der Waals surface area contributed by atoms with Crippen molar-refractivity contribution in [3.05, 3.63) is 59.4 Å². The molecule has 0 atom stereocenters. The number of carbonyl (C=O) groups is 1. The van der Waals surface area contributed by atoms with E-state index in [1.807, 2.05) is 13.8 Å². The Labute approximate surface area is 123 Å². The van der Waals surface area contributed by atoms with Crippen LogP contribution in [0.5, 0.6) is 11.5 Å². The Morgan fingerprint density at radius 2 is 1.81 bits per heavy atom. The summed E-state index contributed by atoms with van der Waals surface area (Å²) < 4.78 is 24.1. The van der Waals surface area contributed by atoms with Crippen LogP contribution in [-0.4, -0.2) is 19.0 Å². The van der Waals surface area contributed by atoms with Crippen molar-refractivity contribution in [2.45, 2.75) is 20.0 Å². The van der Waals surface area contributed by atoms with Gasteiger partial charge >= 0.3 is 0 Å². The minimum absolute atomic E-state index is 0.0220. The number of methoxy groups -OCH3 is 1. The van der Waals surface area contributed by atoms with Crippen molar-refractivity contribution in [1.82, 2.24) is 0 Å².